The summed E-state index contributed by atoms with van der Waals surface area (Å²) in [5, 5.41) is 23.9. The Hall–Kier alpha value is -4.02. The predicted molar refractivity (Wildman–Crippen MR) is 139 cm³/mol. The first kappa shape index (κ1) is 24.1. The smallest absolute Gasteiger partial charge is 0.237 e. The molecule has 0 bridgehead atoms. The van der Waals surface area contributed by atoms with Gasteiger partial charge in [0.05, 0.1) is 29.9 Å². The zero-order valence-corrected chi connectivity index (χ0v) is 20.0. The molecule has 0 saturated carbocycles. The Labute approximate surface area is 206 Å². The van der Waals surface area contributed by atoms with Crippen molar-refractivity contribution in [2.24, 2.45) is 5.92 Å². The number of ether oxygens (including phenoxy) is 1. The van der Waals surface area contributed by atoms with Gasteiger partial charge < -0.3 is 20.8 Å². The van der Waals surface area contributed by atoms with Crippen LogP contribution in [0.3, 0.4) is 0 Å². The fraction of sp³-hybridized carbons (Fsp3) is 0.286. The van der Waals surface area contributed by atoms with Crippen molar-refractivity contribution in [1.82, 2.24) is 15.3 Å². The number of nitrogens with zero attached hydrogens (tertiary/aromatic N) is 3. The summed E-state index contributed by atoms with van der Waals surface area (Å²) >= 11 is 0. The highest BCUT2D eigenvalue weighted by molar-refractivity contribution is 6.08. The molecule has 2 unspecified atom stereocenters. The molecule has 4 rings (SSSR count). The van der Waals surface area contributed by atoms with Gasteiger partial charge in [-0.25, -0.2) is 4.98 Å². The lowest BCUT2D eigenvalue weighted by atomic mass is 10.0. The molecule has 0 radical (unpaired) electrons. The van der Waals surface area contributed by atoms with E-state index >= 15 is 0 Å². The largest absolute Gasteiger partial charge is 0.469 e. The summed E-state index contributed by atoms with van der Waals surface area (Å²) in [6.07, 6.45) is 9.46. The number of nitriles is 1. The van der Waals surface area contributed by atoms with Crippen molar-refractivity contribution in [2.75, 3.05) is 18.4 Å². The van der Waals surface area contributed by atoms with Gasteiger partial charge in [0.1, 0.15) is 6.10 Å². The van der Waals surface area contributed by atoms with Crippen LogP contribution >= 0.6 is 0 Å². The number of nitrogens with one attached hydrogen (secondary N) is 3. The van der Waals surface area contributed by atoms with Crippen molar-refractivity contribution in [3.05, 3.63) is 89.4 Å². The molecule has 0 amide bonds. The van der Waals surface area contributed by atoms with E-state index in [0.717, 1.165) is 35.4 Å². The number of rotatable bonds is 9. The second kappa shape index (κ2) is 11.4. The highest BCUT2D eigenvalue weighted by Gasteiger charge is 2.30. The summed E-state index contributed by atoms with van der Waals surface area (Å²) in [7, 11) is 0. The van der Waals surface area contributed by atoms with Gasteiger partial charge in [0.15, 0.2) is 0 Å². The van der Waals surface area contributed by atoms with E-state index in [-0.39, 0.29) is 12.1 Å². The standard InChI is InChI=1S/C28H30N6O/c1-19(2)12-23(15-30)24-13-25-28(34-17-24)35-26(18-33-25)27(22-4-3-10-31-16-22)32-11-9-20-5-7-21(14-29)8-6-20/h3-8,10,12-13,15-17,19,26-27,30,32-33H,9,11,18H2,1-2H3/b23-12+,30-15?. The molecule has 0 spiro atoms. The molecule has 1 aromatic carbocycles. The second-order valence-electron chi connectivity index (χ2n) is 8.90. The Morgan fingerprint density at radius 3 is 2.80 bits per heavy atom. The summed E-state index contributed by atoms with van der Waals surface area (Å²) in [6, 6.07) is 15.7. The van der Waals surface area contributed by atoms with Gasteiger partial charge in [0.2, 0.25) is 5.88 Å². The molecule has 3 aromatic rings. The van der Waals surface area contributed by atoms with Gasteiger partial charge in [-0.15, -0.1) is 0 Å². The normalized spacial score (nSPS) is 15.9. The number of hydrogen-bond donors (Lipinski definition) is 3. The van der Waals surface area contributed by atoms with E-state index in [1.807, 2.05) is 42.6 Å². The molecule has 3 N–H and O–H groups in total. The van der Waals surface area contributed by atoms with E-state index in [1.165, 1.54) is 11.8 Å². The van der Waals surface area contributed by atoms with Gasteiger partial charge in [-0.3, -0.25) is 4.98 Å². The highest BCUT2D eigenvalue weighted by atomic mass is 16.5. The van der Waals surface area contributed by atoms with E-state index in [0.29, 0.717) is 23.9 Å². The number of hydrogen-bond acceptors (Lipinski definition) is 7. The lowest BCUT2D eigenvalue weighted by Crippen LogP contribution is -2.43. The molecule has 2 aromatic heterocycles. The van der Waals surface area contributed by atoms with Gasteiger partial charge in [-0.2, -0.15) is 5.26 Å². The topological polar surface area (TPSA) is 107 Å². The molecular formula is C28H30N6O. The SMILES string of the molecule is CC(C)/C=C(\C=N)c1cnc2c(c1)NCC(C(NCCc1ccc(C#N)cc1)c1cccnc1)O2. The van der Waals surface area contributed by atoms with Crippen LogP contribution in [0, 0.1) is 22.7 Å². The average molecular weight is 467 g/mol. The molecule has 0 aliphatic carbocycles. The zero-order chi connectivity index (χ0) is 24.6. The van der Waals surface area contributed by atoms with Crippen LogP contribution < -0.4 is 15.4 Å². The summed E-state index contributed by atoms with van der Waals surface area (Å²) in [5.74, 6) is 0.897. The van der Waals surface area contributed by atoms with Crippen LogP contribution in [0.4, 0.5) is 5.69 Å². The van der Waals surface area contributed by atoms with Gasteiger partial charge in [-0.1, -0.05) is 38.1 Å². The molecule has 2 atom stereocenters. The summed E-state index contributed by atoms with van der Waals surface area (Å²) in [6.45, 7) is 5.53. The Balaban J connectivity index is 1.49. The van der Waals surface area contributed by atoms with Crippen LogP contribution in [0.5, 0.6) is 5.88 Å². The Morgan fingerprint density at radius 1 is 1.29 bits per heavy atom. The maximum Gasteiger partial charge on any atom is 0.237 e. The van der Waals surface area contributed by atoms with E-state index in [9.17, 15) is 0 Å². The number of benzene rings is 1. The summed E-state index contributed by atoms with van der Waals surface area (Å²) in [5.41, 5.74) is 5.45. The molecule has 0 saturated heterocycles. The van der Waals surface area contributed by atoms with Crippen LogP contribution in [0.25, 0.3) is 5.57 Å². The van der Waals surface area contributed by atoms with Crippen molar-refractivity contribution >= 4 is 17.5 Å². The van der Waals surface area contributed by atoms with Crippen LogP contribution in [0.15, 0.2) is 67.1 Å². The van der Waals surface area contributed by atoms with Crippen molar-refractivity contribution in [3.8, 4) is 11.9 Å². The molecule has 1 aliphatic rings. The van der Waals surface area contributed by atoms with Crippen molar-refractivity contribution in [3.63, 3.8) is 0 Å². The Bertz CT molecular complexity index is 1210. The number of anilines is 1. The lowest BCUT2D eigenvalue weighted by molar-refractivity contribution is 0.150. The highest BCUT2D eigenvalue weighted by Crippen LogP contribution is 2.33. The van der Waals surface area contributed by atoms with E-state index in [1.54, 1.807) is 12.4 Å². The van der Waals surface area contributed by atoms with Gasteiger partial charge in [0.25, 0.3) is 0 Å². The maximum atomic E-state index is 9.00. The monoisotopic (exact) mass is 466 g/mol. The summed E-state index contributed by atoms with van der Waals surface area (Å²) < 4.78 is 6.35. The number of pyridine rings is 2. The third kappa shape index (κ3) is 6.11. The fourth-order valence-electron chi connectivity index (χ4n) is 4.14. The molecule has 178 valence electrons. The van der Waals surface area contributed by atoms with Crippen LogP contribution in [0.1, 0.15) is 42.1 Å². The lowest BCUT2D eigenvalue weighted by Gasteiger charge is -2.33. The van der Waals surface area contributed by atoms with Gasteiger partial charge in [-0.05, 0) is 59.8 Å². The second-order valence-corrected chi connectivity index (χ2v) is 8.90. The number of allylic oxidation sites excluding steroid dienone is 2. The minimum Gasteiger partial charge on any atom is -0.469 e. The minimum atomic E-state index is -0.181. The van der Waals surface area contributed by atoms with E-state index in [4.69, 9.17) is 15.4 Å². The maximum absolute atomic E-state index is 9.00. The molecule has 7 heteroatoms. The van der Waals surface area contributed by atoms with Crippen molar-refractivity contribution < 1.29 is 4.74 Å². The molecular weight excluding hydrogens is 436 g/mol. The molecule has 3 heterocycles. The third-order valence-electron chi connectivity index (χ3n) is 5.89. The first-order valence-electron chi connectivity index (χ1n) is 11.8. The zero-order valence-electron chi connectivity index (χ0n) is 20.0. The third-order valence-corrected chi connectivity index (χ3v) is 5.89. The van der Waals surface area contributed by atoms with Gasteiger partial charge in [0, 0.05) is 30.4 Å². The van der Waals surface area contributed by atoms with E-state index in [2.05, 4.69) is 52.7 Å². The summed E-state index contributed by atoms with van der Waals surface area (Å²) in [4.78, 5) is 8.87. The number of fused-ring (bicyclic) bond motifs is 1. The Morgan fingerprint density at radius 2 is 2.11 bits per heavy atom. The van der Waals surface area contributed by atoms with Crippen LogP contribution in [0.2, 0.25) is 0 Å². The minimum absolute atomic E-state index is 0.0813. The first-order valence-corrected chi connectivity index (χ1v) is 11.8. The number of aromatic nitrogens is 2. The molecule has 0 fully saturated rings. The quantitative estimate of drug-likeness (QED) is 0.392. The van der Waals surface area contributed by atoms with Crippen LogP contribution in [-0.4, -0.2) is 35.4 Å². The average Bonchev–Trinajstić information content (AvgIpc) is 2.90. The Kier molecular flexibility index (Phi) is 7.86. The van der Waals surface area contributed by atoms with Crippen molar-refractivity contribution in [2.45, 2.75) is 32.4 Å². The fourth-order valence-corrected chi connectivity index (χ4v) is 4.14. The molecule has 35 heavy (non-hydrogen) atoms. The first-order chi connectivity index (χ1) is 17.1. The van der Waals surface area contributed by atoms with Crippen LogP contribution in [-0.2, 0) is 6.42 Å². The van der Waals surface area contributed by atoms with Crippen molar-refractivity contribution in [1.29, 1.82) is 10.7 Å². The van der Waals surface area contributed by atoms with E-state index < -0.39 is 0 Å². The van der Waals surface area contributed by atoms with Gasteiger partial charge >= 0.3 is 0 Å². The predicted octanol–water partition coefficient (Wildman–Crippen LogP) is 4.78. The molecule has 1 aliphatic heterocycles. The molecule has 7 nitrogen and oxygen atoms in total.